The van der Waals surface area contributed by atoms with Gasteiger partial charge in [-0.2, -0.15) is 0 Å². The standard InChI is InChI=1S/C19H22FNO/c1-19(2,3)15-11-8-14(9-12-15)10-13-18(22)21-17-7-5-4-6-16(17)20/h4-9,11-12H,10,13H2,1-3H3,(H,21,22). The summed E-state index contributed by atoms with van der Waals surface area (Å²) in [4.78, 5) is 11.9. The Morgan fingerprint density at radius 3 is 2.27 bits per heavy atom. The number of hydrogen-bond donors (Lipinski definition) is 1. The van der Waals surface area contributed by atoms with Crippen molar-refractivity contribution in [3.8, 4) is 0 Å². The number of benzene rings is 2. The molecule has 2 aromatic carbocycles. The van der Waals surface area contributed by atoms with Crippen LogP contribution >= 0.6 is 0 Å². The summed E-state index contributed by atoms with van der Waals surface area (Å²) in [5.41, 5.74) is 2.74. The molecule has 2 aromatic rings. The monoisotopic (exact) mass is 299 g/mol. The molecule has 116 valence electrons. The molecule has 2 nitrogen and oxygen atoms in total. The highest BCUT2D eigenvalue weighted by Gasteiger charge is 2.13. The Labute approximate surface area is 131 Å². The number of para-hydroxylation sites is 1. The van der Waals surface area contributed by atoms with Gasteiger partial charge in [0.15, 0.2) is 0 Å². The van der Waals surface area contributed by atoms with E-state index in [0.29, 0.717) is 12.8 Å². The molecule has 0 bridgehead atoms. The summed E-state index contributed by atoms with van der Waals surface area (Å²) in [6.45, 7) is 6.51. The minimum Gasteiger partial charge on any atom is -0.324 e. The Morgan fingerprint density at radius 2 is 1.68 bits per heavy atom. The lowest BCUT2D eigenvalue weighted by Crippen LogP contribution is -2.13. The van der Waals surface area contributed by atoms with E-state index in [1.54, 1.807) is 18.2 Å². The van der Waals surface area contributed by atoms with Crippen LogP contribution in [-0.2, 0) is 16.6 Å². The summed E-state index contributed by atoms with van der Waals surface area (Å²) in [5.74, 6) is -0.588. The van der Waals surface area contributed by atoms with Crippen LogP contribution in [0.2, 0.25) is 0 Å². The molecule has 1 amide bonds. The smallest absolute Gasteiger partial charge is 0.224 e. The van der Waals surface area contributed by atoms with Gasteiger partial charge in [0.05, 0.1) is 5.69 Å². The molecule has 22 heavy (non-hydrogen) atoms. The number of carbonyl (C=O) groups excluding carboxylic acids is 1. The SMILES string of the molecule is CC(C)(C)c1ccc(CCC(=O)Nc2ccccc2F)cc1. The first-order valence-electron chi connectivity index (χ1n) is 7.50. The molecule has 3 heteroatoms. The Morgan fingerprint density at radius 1 is 1.05 bits per heavy atom. The lowest BCUT2D eigenvalue weighted by Gasteiger charge is -2.19. The van der Waals surface area contributed by atoms with Gasteiger partial charge in [0.2, 0.25) is 5.91 Å². The van der Waals surface area contributed by atoms with Crippen LogP contribution in [0.3, 0.4) is 0 Å². The molecule has 0 radical (unpaired) electrons. The van der Waals surface area contributed by atoms with Crippen molar-refractivity contribution < 1.29 is 9.18 Å². The normalized spacial score (nSPS) is 11.3. The van der Waals surface area contributed by atoms with Crippen molar-refractivity contribution in [2.75, 3.05) is 5.32 Å². The van der Waals surface area contributed by atoms with E-state index in [2.05, 4.69) is 50.4 Å². The van der Waals surface area contributed by atoms with Crippen LogP contribution in [0.15, 0.2) is 48.5 Å². The van der Waals surface area contributed by atoms with Crippen LogP contribution in [0, 0.1) is 5.82 Å². The average molecular weight is 299 g/mol. The van der Waals surface area contributed by atoms with Crippen molar-refractivity contribution in [3.63, 3.8) is 0 Å². The van der Waals surface area contributed by atoms with Crippen LogP contribution < -0.4 is 5.32 Å². The maximum atomic E-state index is 13.5. The Bertz CT molecular complexity index is 641. The number of hydrogen-bond acceptors (Lipinski definition) is 1. The predicted octanol–water partition coefficient (Wildman–Crippen LogP) is 4.69. The lowest BCUT2D eigenvalue weighted by molar-refractivity contribution is -0.116. The van der Waals surface area contributed by atoms with E-state index in [9.17, 15) is 9.18 Å². The molecule has 1 N–H and O–H groups in total. The highest BCUT2D eigenvalue weighted by molar-refractivity contribution is 5.90. The summed E-state index contributed by atoms with van der Waals surface area (Å²) in [6, 6.07) is 14.5. The summed E-state index contributed by atoms with van der Waals surface area (Å²) in [6.07, 6.45) is 0.980. The number of anilines is 1. The maximum absolute atomic E-state index is 13.5. The van der Waals surface area contributed by atoms with E-state index in [0.717, 1.165) is 5.56 Å². The molecule has 2 rings (SSSR count). The van der Waals surface area contributed by atoms with Crippen molar-refractivity contribution in [1.82, 2.24) is 0 Å². The number of nitrogens with one attached hydrogen (secondary N) is 1. The van der Waals surface area contributed by atoms with E-state index >= 15 is 0 Å². The zero-order valence-electron chi connectivity index (χ0n) is 13.3. The highest BCUT2D eigenvalue weighted by atomic mass is 19.1. The molecule has 0 heterocycles. The Hall–Kier alpha value is -2.16. The van der Waals surface area contributed by atoms with Crippen LogP contribution in [0.5, 0.6) is 0 Å². The zero-order chi connectivity index (χ0) is 16.2. The molecule has 0 atom stereocenters. The van der Waals surface area contributed by atoms with E-state index in [4.69, 9.17) is 0 Å². The minimum absolute atomic E-state index is 0.126. The molecule has 0 saturated carbocycles. The first kappa shape index (κ1) is 16.2. The molecular formula is C19H22FNO. The number of halogens is 1. The second-order valence-electron chi connectivity index (χ2n) is 6.47. The number of carbonyl (C=O) groups is 1. The third-order valence-electron chi connectivity index (χ3n) is 3.61. The molecule has 0 fully saturated rings. The number of aryl methyl sites for hydroxylation is 1. The highest BCUT2D eigenvalue weighted by Crippen LogP contribution is 2.22. The zero-order valence-corrected chi connectivity index (χ0v) is 13.3. The second-order valence-corrected chi connectivity index (χ2v) is 6.47. The van der Waals surface area contributed by atoms with Crippen molar-refractivity contribution in [3.05, 3.63) is 65.5 Å². The summed E-state index contributed by atoms with van der Waals surface area (Å²) < 4.78 is 13.5. The first-order valence-corrected chi connectivity index (χ1v) is 7.50. The average Bonchev–Trinajstić information content (AvgIpc) is 2.47. The van der Waals surface area contributed by atoms with E-state index in [1.165, 1.54) is 11.6 Å². The molecule has 0 aliphatic rings. The first-order chi connectivity index (χ1) is 10.4. The fourth-order valence-corrected chi connectivity index (χ4v) is 2.20. The largest absolute Gasteiger partial charge is 0.324 e. The fourth-order valence-electron chi connectivity index (χ4n) is 2.20. The Kier molecular flexibility index (Phi) is 4.96. The topological polar surface area (TPSA) is 29.1 Å². The van der Waals surface area contributed by atoms with Crippen LogP contribution in [0.4, 0.5) is 10.1 Å². The van der Waals surface area contributed by atoms with Gasteiger partial charge in [0.25, 0.3) is 0 Å². The van der Waals surface area contributed by atoms with Crippen molar-refractivity contribution in [2.24, 2.45) is 0 Å². The number of amides is 1. The van der Waals surface area contributed by atoms with Crippen molar-refractivity contribution in [2.45, 2.75) is 39.0 Å². The number of rotatable bonds is 4. The predicted molar refractivity (Wildman–Crippen MR) is 88.5 cm³/mol. The van der Waals surface area contributed by atoms with Crippen molar-refractivity contribution in [1.29, 1.82) is 0 Å². The van der Waals surface area contributed by atoms with Gasteiger partial charge in [-0.15, -0.1) is 0 Å². The molecule has 0 unspecified atom stereocenters. The van der Waals surface area contributed by atoms with Crippen LogP contribution in [-0.4, -0.2) is 5.91 Å². The third kappa shape index (κ3) is 4.42. The molecule has 0 spiro atoms. The molecule has 0 aliphatic carbocycles. The van der Waals surface area contributed by atoms with Crippen molar-refractivity contribution >= 4 is 11.6 Å². The Balaban J connectivity index is 1.90. The van der Waals surface area contributed by atoms with Crippen LogP contribution in [0.1, 0.15) is 38.3 Å². The van der Waals surface area contributed by atoms with Crippen LogP contribution in [0.25, 0.3) is 0 Å². The molecule has 0 aliphatic heterocycles. The van der Waals surface area contributed by atoms with E-state index < -0.39 is 5.82 Å². The van der Waals surface area contributed by atoms with Gasteiger partial charge in [-0.1, -0.05) is 57.2 Å². The van der Waals surface area contributed by atoms with Gasteiger partial charge in [-0.25, -0.2) is 4.39 Å². The maximum Gasteiger partial charge on any atom is 0.224 e. The van der Waals surface area contributed by atoms with E-state index in [-0.39, 0.29) is 17.0 Å². The molecular weight excluding hydrogens is 277 g/mol. The minimum atomic E-state index is -0.412. The van der Waals surface area contributed by atoms with E-state index in [1.807, 2.05) is 0 Å². The second kappa shape index (κ2) is 6.73. The van der Waals surface area contributed by atoms with Gasteiger partial charge in [-0.05, 0) is 35.1 Å². The summed E-state index contributed by atoms with van der Waals surface area (Å²) >= 11 is 0. The quantitative estimate of drug-likeness (QED) is 0.871. The van der Waals surface area contributed by atoms with Gasteiger partial charge in [0, 0.05) is 6.42 Å². The molecule has 0 saturated heterocycles. The van der Waals surface area contributed by atoms with Gasteiger partial charge >= 0.3 is 0 Å². The van der Waals surface area contributed by atoms with Gasteiger partial charge < -0.3 is 5.32 Å². The summed E-state index contributed by atoms with van der Waals surface area (Å²) in [5, 5.41) is 2.60. The third-order valence-corrected chi connectivity index (χ3v) is 3.61. The lowest BCUT2D eigenvalue weighted by atomic mass is 9.86. The van der Waals surface area contributed by atoms with Gasteiger partial charge in [-0.3, -0.25) is 4.79 Å². The fraction of sp³-hybridized carbons (Fsp3) is 0.316. The molecule has 0 aromatic heterocycles. The summed E-state index contributed by atoms with van der Waals surface area (Å²) in [7, 11) is 0. The van der Waals surface area contributed by atoms with Gasteiger partial charge in [0.1, 0.15) is 5.82 Å².